The third-order valence-electron chi connectivity index (χ3n) is 3.38. The topological polar surface area (TPSA) is 53.4 Å². The molecule has 1 aromatic heterocycles. The third-order valence-corrected chi connectivity index (χ3v) is 4.30. The quantitative estimate of drug-likeness (QED) is 0.888. The van der Waals surface area contributed by atoms with Crippen LogP contribution in [0.5, 0.6) is 0 Å². The molecule has 18 heavy (non-hydrogen) atoms. The molecule has 0 bridgehead atoms. The van der Waals surface area contributed by atoms with Crippen molar-refractivity contribution in [1.82, 2.24) is 9.88 Å². The van der Waals surface area contributed by atoms with Crippen LogP contribution in [0, 0.1) is 5.92 Å². The summed E-state index contributed by atoms with van der Waals surface area (Å²) in [6, 6.07) is 0. The number of carboxylic acids is 1. The molecule has 0 spiro atoms. The SMILES string of the molecule is CN1CCCC(Cc2nc(CCC(=O)O)cs2)C1. The molecule has 1 saturated heterocycles. The minimum Gasteiger partial charge on any atom is -0.481 e. The lowest BCUT2D eigenvalue weighted by molar-refractivity contribution is -0.136. The number of aliphatic carboxylic acids is 1. The molecule has 100 valence electrons. The van der Waals surface area contributed by atoms with Gasteiger partial charge in [-0.1, -0.05) is 0 Å². The first-order chi connectivity index (χ1) is 8.63. The number of hydrogen-bond donors (Lipinski definition) is 1. The first kappa shape index (κ1) is 13.5. The lowest BCUT2D eigenvalue weighted by Gasteiger charge is -2.29. The number of hydrogen-bond acceptors (Lipinski definition) is 4. The minimum absolute atomic E-state index is 0.176. The number of carbonyl (C=O) groups is 1. The van der Waals surface area contributed by atoms with Crippen LogP contribution in [0.1, 0.15) is 30.0 Å². The molecule has 2 heterocycles. The summed E-state index contributed by atoms with van der Waals surface area (Å²) in [4.78, 5) is 17.4. The summed E-state index contributed by atoms with van der Waals surface area (Å²) in [5.74, 6) is -0.0410. The Balaban J connectivity index is 1.84. The summed E-state index contributed by atoms with van der Waals surface area (Å²) in [6.45, 7) is 2.36. The maximum Gasteiger partial charge on any atom is 0.303 e. The molecule has 1 aromatic rings. The van der Waals surface area contributed by atoms with Gasteiger partial charge in [-0.25, -0.2) is 4.98 Å². The van der Waals surface area contributed by atoms with Gasteiger partial charge in [0, 0.05) is 24.8 Å². The molecule has 1 fully saturated rings. The highest BCUT2D eigenvalue weighted by molar-refractivity contribution is 7.09. The van der Waals surface area contributed by atoms with E-state index >= 15 is 0 Å². The number of aromatic nitrogens is 1. The zero-order chi connectivity index (χ0) is 13.0. The molecule has 1 N–H and O–H groups in total. The number of carboxylic acid groups (broad SMARTS) is 1. The highest BCUT2D eigenvalue weighted by Crippen LogP contribution is 2.22. The second kappa shape index (κ2) is 6.29. The fourth-order valence-electron chi connectivity index (χ4n) is 2.48. The summed E-state index contributed by atoms with van der Waals surface area (Å²) >= 11 is 1.67. The molecule has 1 unspecified atom stereocenters. The summed E-state index contributed by atoms with van der Waals surface area (Å²) < 4.78 is 0. The summed E-state index contributed by atoms with van der Waals surface area (Å²) in [7, 11) is 2.17. The van der Waals surface area contributed by atoms with E-state index in [0.29, 0.717) is 12.3 Å². The molecule has 2 rings (SSSR count). The third kappa shape index (κ3) is 4.07. The number of aryl methyl sites for hydroxylation is 1. The Hall–Kier alpha value is -0.940. The maximum absolute atomic E-state index is 10.5. The Bertz CT molecular complexity index is 405. The van der Waals surface area contributed by atoms with E-state index in [1.165, 1.54) is 19.4 Å². The zero-order valence-electron chi connectivity index (χ0n) is 10.8. The van der Waals surface area contributed by atoms with Gasteiger partial charge >= 0.3 is 5.97 Å². The van der Waals surface area contributed by atoms with E-state index in [4.69, 9.17) is 5.11 Å². The van der Waals surface area contributed by atoms with Crippen LogP contribution in [0.4, 0.5) is 0 Å². The van der Waals surface area contributed by atoms with Crippen molar-refractivity contribution in [2.45, 2.75) is 32.1 Å². The van der Waals surface area contributed by atoms with Gasteiger partial charge in [0.15, 0.2) is 0 Å². The van der Waals surface area contributed by atoms with E-state index in [9.17, 15) is 4.79 Å². The molecule has 0 aliphatic carbocycles. The van der Waals surface area contributed by atoms with E-state index < -0.39 is 5.97 Å². The van der Waals surface area contributed by atoms with E-state index in [0.717, 1.165) is 23.7 Å². The number of thiazole rings is 1. The van der Waals surface area contributed by atoms with Crippen LogP contribution in [-0.4, -0.2) is 41.1 Å². The van der Waals surface area contributed by atoms with Gasteiger partial charge in [-0.2, -0.15) is 0 Å². The Morgan fingerprint density at radius 1 is 1.67 bits per heavy atom. The van der Waals surface area contributed by atoms with Crippen molar-refractivity contribution < 1.29 is 9.90 Å². The number of piperidine rings is 1. The minimum atomic E-state index is -0.751. The lowest BCUT2D eigenvalue weighted by atomic mass is 9.95. The van der Waals surface area contributed by atoms with Crippen molar-refractivity contribution in [2.24, 2.45) is 5.92 Å². The van der Waals surface area contributed by atoms with Crippen molar-refractivity contribution in [3.63, 3.8) is 0 Å². The Labute approximate surface area is 112 Å². The normalized spacial score (nSPS) is 21.1. The van der Waals surface area contributed by atoms with Gasteiger partial charge in [-0.05, 0) is 32.4 Å². The predicted octanol–water partition coefficient (Wildman–Crippen LogP) is 2.04. The monoisotopic (exact) mass is 268 g/mol. The molecular formula is C13H20N2O2S. The molecule has 4 nitrogen and oxygen atoms in total. The molecule has 0 amide bonds. The second-order valence-corrected chi connectivity index (χ2v) is 6.04. The Morgan fingerprint density at radius 3 is 3.22 bits per heavy atom. The number of nitrogens with zero attached hydrogens (tertiary/aromatic N) is 2. The van der Waals surface area contributed by atoms with E-state index in [1.807, 2.05) is 5.38 Å². The highest BCUT2D eigenvalue weighted by Gasteiger charge is 2.18. The van der Waals surface area contributed by atoms with E-state index in [-0.39, 0.29) is 6.42 Å². The summed E-state index contributed by atoms with van der Waals surface area (Å²) in [5, 5.41) is 11.8. The summed E-state index contributed by atoms with van der Waals surface area (Å²) in [6.07, 6.45) is 4.33. The lowest BCUT2D eigenvalue weighted by Crippen LogP contribution is -2.32. The van der Waals surface area contributed by atoms with Crippen molar-refractivity contribution >= 4 is 17.3 Å². The van der Waals surface area contributed by atoms with Crippen molar-refractivity contribution in [3.8, 4) is 0 Å². The van der Waals surface area contributed by atoms with Gasteiger partial charge < -0.3 is 10.0 Å². The molecule has 1 aliphatic heterocycles. The van der Waals surface area contributed by atoms with Gasteiger partial charge in [-0.3, -0.25) is 4.79 Å². The van der Waals surface area contributed by atoms with Gasteiger partial charge in [0.2, 0.25) is 0 Å². The molecule has 0 aromatic carbocycles. The van der Waals surface area contributed by atoms with Crippen molar-refractivity contribution in [3.05, 3.63) is 16.1 Å². The van der Waals surface area contributed by atoms with Gasteiger partial charge in [0.05, 0.1) is 17.1 Å². The smallest absolute Gasteiger partial charge is 0.303 e. The van der Waals surface area contributed by atoms with Gasteiger partial charge in [0.1, 0.15) is 0 Å². The number of rotatable bonds is 5. The second-order valence-electron chi connectivity index (χ2n) is 5.10. The van der Waals surface area contributed by atoms with Crippen molar-refractivity contribution in [2.75, 3.05) is 20.1 Å². The van der Waals surface area contributed by atoms with Crippen LogP contribution in [-0.2, 0) is 17.6 Å². The Kier molecular flexibility index (Phi) is 4.72. The molecular weight excluding hydrogens is 248 g/mol. The van der Waals surface area contributed by atoms with Crippen LogP contribution < -0.4 is 0 Å². The van der Waals surface area contributed by atoms with Crippen LogP contribution in [0.15, 0.2) is 5.38 Å². The first-order valence-corrected chi connectivity index (χ1v) is 7.35. The highest BCUT2D eigenvalue weighted by atomic mass is 32.1. The van der Waals surface area contributed by atoms with Crippen LogP contribution in [0.3, 0.4) is 0 Å². The fraction of sp³-hybridized carbons (Fsp3) is 0.692. The zero-order valence-corrected chi connectivity index (χ0v) is 11.6. The average molecular weight is 268 g/mol. The molecule has 0 saturated carbocycles. The molecule has 5 heteroatoms. The fourth-order valence-corrected chi connectivity index (χ4v) is 3.42. The molecule has 0 radical (unpaired) electrons. The average Bonchev–Trinajstić information content (AvgIpc) is 2.74. The van der Waals surface area contributed by atoms with E-state index in [1.54, 1.807) is 11.3 Å². The molecule has 1 atom stereocenters. The largest absolute Gasteiger partial charge is 0.481 e. The maximum atomic E-state index is 10.5. The van der Waals surface area contributed by atoms with Crippen LogP contribution in [0.2, 0.25) is 0 Å². The predicted molar refractivity (Wildman–Crippen MR) is 72.0 cm³/mol. The Morgan fingerprint density at radius 2 is 2.50 bits per heavy atom. The summed E-state index contributed by atoms with van der Waals surface area (Å²) in [5.41, 5.74) is 0.932. The van der Waals surface area contributed by atoms with E-state index in [2.05, 4.69) is 16.9 Å². The van der Waals surface area contributed by atoms with Gasteiger partial charge in [0.25, 0.3) is 0 Å². The van der Waals surface area contributed by atoms with Crippen LogP contribution in [0.25, 0.3) is 0 Å². The first-order valence-electron chi connectivity index (χ1n) is 6.47. The molecule has 1 aliphatic rings. The van der Waals surface area contributed by atoms with Crippen LogP contribution >= 0.6 is 11.3 Å². The van der Waals surface area contributed by atoms with Crippen molar-refractivity contribution in [1.29, 1.82) is 0 Å². The number of likely N-dealkylation sites (tertiary alicyclic amines) is 1. The standard InChI is InChI=1S/C13H20N2O2S/c1-15-6-2-3-10(8-15)7-12-14-11(9-18-12)4-5-13(16)17/h9-10H,2-8H2,1H3,(H,16,17). The van der Waals surface area contributed by atoms with Gasteiger partial charge in [-0.15, -0.1) is 11.3 Å².